The fourth-order valence-electron chi connectivity index (χ4n) is 0. The van der Waals surface area contributed by atoms with Crippen LogP contribution in [0.2, 0.25) is 0 Å². The molecule has 0 aromatic rings. The zero-order valence-corrected chi connectivity index (χ0v) is 3.92. The number of hydrogen-bond donors (Lipinski definition) is 1. The molecular formula is C3H9KS. The molecule has 0 radical (unpaired) electrons. The van der Waals surface area contributed by atoms with Gasteiger partial charge in [-0.25, -0.2) is 0 Å². The molecule has 0 aliphatic heterocycles. The second kappa shape index (κ2) is 5.99. The predicted molar refractivity (Wildman–Crippen MR) is 31.3 cm³/mol. The summed E-state index contributed by atoms with van der Waals surface area (Å²) >= 11 is 3.97. The van der Waals surface area contributed by atoms with Crippen molar-refractivity contribution in [2.75, 3.05) is 0 Å². The summed E-state index contributed by atoms with van der Waals surface area (Å²) in [5, 5.41) is 0.528. The minimum atomic E-state index is 0. The van der Waals surface area contributed by atoms with Gasteiger partial charge in [-0.05, 0) is 5.25 Å². The van der Waals surface area contributed by atoms with Crippen molar-refractivity contribution in [1.29, 1.82) is 0 Å². The van der Waals surface area contributed by atoms with E-state index in [0.717, 1.165) is 0 Å². The van der Waals surface area contributed by atoms with E-state index in [2.05, 4.69) is 12.6 Å². The van der Waals surface area contributed by atoms with Crippen LogP contribution >= 0.6 is 12.6 Å². The second-order valence-corrected chi connectivity index (χ2v) is 2.13. The van der Waals surface area contributed by atoms with E-state index in [1.54, 1.807) is 0 Å². The molecule has 0 atom stereocenters. The molecule has 0 saturated heterocycles. The average Bonchev–Trinajstić information content (AvgIpc) is 0.811. The van der Waals surface area contributed by atoms with Gasteiger partial charge in [0.15, 0.2) is 0 Å². The van der Waals surface area contributed by atoms with Crippen molar-refractivity contribution in [3.8, 4) is 0 Å². The summed E-state index contributed by atoms with van der Waals surface area (Å²) < 4.78 is 0. The van der Waals surface area contributed by atoms with Crippen molar-refractivity contribution in [2.24, 2.45) is 0 Å². The molecule has 0 unspecified atom stereocenters. The number of rotatable bonds is 0. The van der Waals surface area contributed by atoms with Crippen molar-refractivity contribution in [3.05, 3.63) is 0 Å². The zero-order valence-electron chi connectivity index (χ0n) is 3.02. The van der Waals surface area contributed by atoms with Gasteiger partial charge in [-0.2, -0.15) is 12.6 Å². The molecule has 0 N–H and O–H groups in total. The summed E-state index contributed by atoms with van der Waals surface area (Å²) in [7, 11) is 0. The van der Waals surface area contributed by atoms with Gasteiger partial charge in [0.05, 0.1) is 0 Å². The van der Waals surface area contributed by atoms with Crippen LogP contribution in [0.1, 0.15) is 13.8 Å². The Morgan fingerprint density at radius 3 is 1.40 bits per heavy atom. The molecule has 28 valence electrons. The zero-order chi connectivity index (χ0) is 3.58. The van der Waals surface area contributed by atoms with Crippen LogP contribution < -0.4 is 0 Å². The van der Waals surface area contributed by atoms with Crippen LogP contribution in [0.4, 0.5) is 0 Å². The van der Waals surface area contributed by atoms with Crippen molar-refractivity contribution >= 4 is 64.0 Å². The molecule has 5 heavy (non-hydrogen) atoms. The van der Waals surface area contributed by atoms with Gasteiger partial charge in [0, 0.05) is 0 Å². The van der Waals surface area contributed by atoms with Crippen LogP contribution in [0.25, 0.3) is 0 Å². The molecule has 0 aliphatic carbocycles. The molecule has 0 heterocycles. The van der Waals surface area contributed by atoms with E-state index in [-0.39, 0.29) is 51.4 Å². The third-order valence-corrected chi connectivity index (χ3v) is 0. The predicted octanol–water partition coefficient (Wildman–Crippen LogP) is 0.676. The molecule has 0 fully saturated rings. The van der Waals surface area contributed by atoms with E-state index in [4.69, 9.17) is 0 Å². The Morgan fingerprint density at radius 1 is 1.40 bits per heavy atom. The molecular weight excluding hydrogens is 107 g/mol. The maximum absolute atomic E-state index is 3.97. The molecule has 0 amide bonds. The van der Waals surface area contributed by atoms with Crippen LogP contribution in [0.15, 0.2) is 0 Å². The molecule has 2 heteroatoms. The summed E-state index contributed by atoms with van der Waals surface area (Å²) in [6.45, 7) is 4.06. The van der Waals surface area contributed by atoms with Crippen molar-refractivity contribution in [2.45, 2.75) is 19.1 Å². The van der Waals surface area contributed by atoms with Gasteiger partial charge in [0.2, 0.25) is 0 Å². The van der Waals surface area contributed by atoms with Crippen molar-refractivity contribution in [1.82, 2.24) is 0 Å². The van der Waals surface area contributed by atoms with Gasteiger partial charge in [-0.15, -0.1) is 0 Å². The van der Waals surface area contributed by atoms with Gasteiger partial charge < -0.3 is 0 Å². The number of thiol groups is 1. The molecule has 0 rings (SSSR count). The van der Waals surface area contributed by atoms with Crippen LogP contribution in [0.3, 0.4) is 0 Å². The fourth-order valence-corrected chi connectivity index (χ4v) is 0. The van der Waals surface area contributed by atoms with Gasteiger partial charge in [0.25, 0.3) is 0 Å². The Morgan fingerprint density at radius 2 is 1.40 bits per heavy atom. The molecule has 0 bridgehead atoms. The van der Waals surface area contributed by atoms with Gasteiger partial charge >= 0.3 is 51.4 Å². The molecule has 0 aliphatic rings. The summed E-state index contributed by atoms with van der Waals surface area (Å²) in [5.74, 6) is 0. The van der Waals surface area contributed by atoms with E-state index in [1.807, 2.05) is 13.8 Å². The van der Waals surface area contributed by atoms with E-state index >= 15 is 0 Å². The summed E-state index contributed by atoms with van der Waals surface area (Å²) in [5.41, 5.74) is 0. The Bertz CT molecular complexity index is 11.6. The van der Waals surface area contributed by atoms with E-state index < -0.39 is 0 Å². The van der Waals surface area contributed by atoms with E-state index in [9.17, 15) is 0 Å². The van der Waals surface area contributed by atoms with Gasteiger partial charge in [-0.1, -0.05) is 13.8 Å². The second-order valence-electron chi connectivity index (χ2n) is 1.09. The Balaban J connectivity index is 0. The molecule has 0 saturated carbocycles. The van der Waals surface area contributed by atoms with E-state index in [0.29, 0.717) is 5.25 Å². The van der Waals surface area contributed by atoms with Crippen molar-refractivity contribution in [3.63, 3.8) is 0 Å². The Kier molecular flexibility index (Phi) is 12.1. The molecule has 0 aromatic heterocycles. The van der Waals surface area contributed by atoms with Crippen LogP contribution in [0.5, 0.6) is 0 Å². The average molecular weight is 116 g/mol. The van der Waals surface area contributed by atoms with E-state index in [1.165, 1.54) is 0 Å². The topological polar surface area (TPSA) is 0 Å². The Labute approximate surface area is 81.5 Å². The Hall–Kier alpha value is 1.99. The first kappa shape index (κ1) is 10.1. The number of hydrogen-bond acceptors (Lipinski definition) is 1. The van der Waals surface area contributed by atoms with Gasteiger partial charge in [-0.3, -0.25) is 0 Å². The molecule has 0 spiro atoms. The summed E-state index contributed by atoms with van der Waals surface area (Å²) in [6.07, 6.45) is 0. The van der Waals surface area contributed by atoms with Crippen LogP contribution in [-0.4, -0.2) is 56.6 Å². The SMILES string of the molecule is CC(C)S.[KH]. The summed E-state index contributed by atoms with van der Waals surface area (Å²) in [4.78, 5) is 0. The minimum absolute atomic E-state index is 0. The monoisotopic (exact) mass is 116 g/mol. The van der Waals surface area contributed by atoms with Gasteiger partial charge in [0.1, 0.15) is 0 Å². The first-order valence-electron chi connectivity index (χ1n) is 1.41. The first-order chi connectivity index (χ1) is 1.73. The van der Waals surface area contributed by atoms with Crippen molar-refractivity contribution < 1.29 is 0 Å². The normalized spacial score (nSPS) is 7.20. The van der Waals surface area contributed by atoms with Crippen LogP contribution in [-0.2, 0) is 0 Å². The molecule has 0 aromatic carbocycles. The first-order valence-corrected chi connectivity index (χ1v) is 1.93. The molecule has 0 nitrogen and oxygen atoms in total. The standard InChI is InChI=1S/C3H8S.K.H/c1-3(2)4;;/h3-4H,1-2H3;;. The summed E-state index contributed by atoms with van der Waals surface area (Å²) in [6, 6.07) is 0. The van der Waals surface area contributed by atoms with Crippen LogP contribution in [0, 0.1) is 0 Å². The maximum atomic E-state index is 3.97. The third kappa shape index (κ3) is 24.1. The quantitative estimate of drug-likeness (QED) is 0.349. The fraction of sp³-hybridized carbons (Fsp3) is 1.00. The third-order valence-electron chi connectivity index (χ3n) is 0.